The summed E-state index contributed by atoms with van der Waals surface area (Å²) < 4.78 is 13.6. The summed E-state index contributed by atoms with van der Waals surface area (Å²) in [6.45, 7) is 5.00. The number of carbonyl (C=O) groups is 1. The molecule has 0 saturated carbocycles. The highest BCUT2D eigenvalue weighted by Gasteiger charge is 2.35. The number of carbonyl (C=O) groups excluding carboxylic acids is 1. The Morgan fingerprint density at radius 3 is 2.86 bits per heavy atom. The van der Waals surface area contributed by atoms with Gasteiger partial charge >= 0.3 is 0 Å². The summed E-state index contributed by atoms with van der Waals surface area (Å²) in [4.78, 5) is 16.0. The van der Waals surface area contributed by atoms with Crippen LogP contribution in [0.3, 0.4) is 0 Å². The molecule has 0 aromatic heterocycles. The van der Waals surface area contributed by atoms with E-state index in [0.717, 1.165) is 38.2 Å². The fourth-order valence-corrected chi connectivity index (χ4v) is 3.62. The van der Waals surface area contributed by atoms with Crippen LogP contribution in [-0.2, 0) is 11.3 Å². The van der Waals surface area contributed by atoms with Crippen LogP contribution in [-0.4, -0.2) is 41.4 Å². The first kappa shape index (κ1) is 14.8. The lowest BCUT2D eigenvalue weighted by Crippen LogP contribution is -2.43. The van der Waals surface area contributed by atoms with Gasteiger partial charge < -0.3 is 4.90 Å². The van der Waals surface area contributed by atoms with Gasteiger partial charge in [0, 0.05) is 39.1 Å². The van der Waals surface area contributed by atoms with Gasteiger partial charge in [-0.05, 0) is 36.5 Å². The molecule has 1 aromatic rings. The molecule has 5 heteroatoms. The van der Waals surface area contributed by atoms with E-state index < -0.39 is 0 Å². The largest absolute Gasteiger partial charge is 0.341 e. The van der Waals surface area contributed by atoms with Gasteiger partial charge in [0.2, 0.25) is 5.91 Å². The van der Waals surface area contributed by atoms with Crippen LogP contribution >= 0.6 is 11.6 Å². The van der Waals surface area contributed by atoms with Gasteiger partial charge in [-0.2, -0.15) is 0 Å². The highest BCUT2D eigenvalue weighted by molar-refractivity contribution is 6.30. The van der Waals surface area contributed by atoms with Gasteiger partial charge in [0.25, 0.3) is 0 Å². The Labute approximate surface area is 129 Å². The number of rotatable bonds is 2. The number of fused-ring (bicyclic) bond motifs is 4. The first-order valence-corrected chi connectivity index (χ1v) is 7.84. The fraction of sp³-hybridized carbons (Fsp3) is 0.562. The number of hydrogen-bond donors (Lipinski definition) is 0. The summed E-state index contributed by atoms with van der Waals surface area (Å²) in [6.07, 6.45) is 2.30. The molecule has 0 aliphatic carbocycles. The summed E-state index contributed by atoms with van der Waals surface area (Å²) in [5.74, 6) is 0.329. The van der Waals surface area contributed by atoms with Crippen LogP contribution in [0, 0.1) is 11.7 Å². The smallest absolute Gasteiger partial charge is 0.219 e. The molecule has 3 aliphatic heterocycles. The van der Waals surface area contributed by atoms with Crippen molar-refractivity contribution in [1.29, 1.82) is 0 Å². The predicted octanol–water partition coefficient (Wildman–Crippen LogP) is 2.92. The van der Waals surface area contributed by atoms with Crippen LogP contribution < -0.4 is 0 Å². The quantitative estimate of drug-likeness (QED) is 0.838. The first-order chi connectivity index (χ1) is 10.0. The molecule has 21 heavy (non-hydrogen) atoms. The second kappa shape index (κ2) is 5.93. The van der Waals surface area contributed by atoms with E-state index in [-0.39, 0.29) is 16.7 Å². The minimum absolute atomic E-state index is 0.159. The summed E-state index contributed by atoms with van der Waals surface area (Å²) in [5, 5.41) is 0.166. The highest BCUT2D eigenvalue weighted by atomic mass is 35.5. The third kappa shape index (κ3) is 3.22. The second-order valence-corrected chi connectivity index (χ2v) is 6.61. The molecule has 0 N–H and O–H groups in total. The van der Waals surface area contributed by atoms with Gasteiger partial charge in [0.15, 0.2) is 0 Å². The molecule has 3 nitrogen and oxygen atoms in total. The Morgan fingerprint density at radius 2 is 2.14 bits per heavy atom. The number of benzene rings is 1. The third-order valence-electron chi connectivity index (χ3n) is 4.64. The summed E-state index contributed by atoms with van der Waals surface area (Å²) >= 11 is 5.73. The molecule has 3 saturated heterocycles. The van der Waals surface area contributed by atoms with Crippen LogP contribution in [0.4, 0.5) is 4.39 Å². The number of nitrogens with zero attached hydrogens (tertiary/aromatic N) is 2. The van der Waals surface area contributed by atoms with Crippen LogP contribution in [0.2, 0.25) is 5.02 Å². The van der Waals surface area contributed by atoms with Gasteiger partial charge in [-0.15, -0.1) is 0 Å². The van der Waals surface area contributed by atoms with Gasteiger partial charge in [0.1, 0.15) is 5.82 Å². The van der Waals surface area contributed by atoms with Crippen LogP contribution in [0.5, 0.6) is 0 Å². The van der Waals surface area contributed by atoms with Gasteiger partial charge in [0.05, 0.1) is 5.02 Å². The topological polar surface area (TPSA) is 23.6 Å². The minimum atomic E-state index is -0.362. The summed E-state index contributed by atoms with van der Waals surface area (Å²) in [5.41, 5.74) is 0.943. The highest BCUT2D eigenvalue weighted by Crippen LogP contribution is 2.29. The van der Waals surface area contributed by atoms with Crippen molar-refractivity contribution in [2.45, 2.75) is 32.4 Å². The maximum absolute atomic E-state index is 13.6. The van der Waals surface area contributed by atoms with Crippen LogP contribution in [0.15, 0.2) is 18.2 Å². The number of hydrogen-bond acceptors (Lipinski definition) is 2. The maximum atomic E-state index is 13.6. The fourth-order valence-electron chi connectivity index (χ4n) is 3.50. The van der Waals surface area contributed by atoms with Crippen molar-refractivity contribution in [3.8, 4) is 0 Å². The van der Waals surface area contributed by atoms with E-state index in [1.807, 2.05) is 11.0 Å². The lowest BCUT2D eigenvalue weighted by molar-refractivity contribution is -0.129. The SMILES string of the molecule is CC(=O)N1C[C@H]2CC[C@@H](C1)N(Cc1ccc(Cl)c(F)c1)C2. The Balaban J connectivity index is 1.74. The molecule has 4 rings (SSSR count). The molecule has 0 radical (unpaired) electrons. The van der Waals surface area contributed by atoms with Gasteiger partial charge in [-0.1, -0.05) is 17.7 Å². The van der Waals surface area contributed by atoms with Crippen molar-refractivity contribution < 1.29 is 9.18 Å². The molecule has 0 spiro atoms. The van der Waals surface area contributed by atoms with Crippen molar-refractivity contribution in [2.24, 2.45) is 5.92 Å². The third-order valence-corrected chi connectivity index (χ3v) is 4.95. The van der Waals surface area contributed by atoms with E-state index in [4.69, 9.17) is 11.6 Å². The number of amides is 1. The lowest BCUT2D eigenvalue weighted by Gasteiger charge is -2.36. The maximum Gasteiger partial charge on any atom is 0.219 e. The first-order valence-electron chi connectivity index (χ1n) is 7.46. The zero-order valence-corrected chi connectivity index (χ0v) is 12.9. The predicted molar refractivity (Wildman–Crippen MR) is 80.6 cm³/mol. The van der Waals surface area contributed by atoms with Crippen LogP contribution in [0.1, 0.15) is 25.3 Å². The van der Waals surface area contributed by atoms with Gasteiger partial charge in [-0.3, -0.25) is 9.69 Å². The molecule has 1 amide bonds. The van der Waals surface area contributed by atoms with E-state index in [0.29, 0.717) is 12.0 Å². The summed E-state index contributed by atoms with van der Waals surface area (Å²) in [7, 11) is 0. The van der Waals surface area contributed by atoms with E-state index >= 15 is 0 Å². The van der Waals surface area contributed by atoms with Crippen molar-refractivity contribution in [3.05, 3.63) is 34.6 Å². The average Bonchev–Trinajstić information content (AvgIpc) is 2.75. The summed E-state index contributed by atoms with van der Waals surface area (Å²) in [6, 6.07) is 5.40. The van der Waals surface area contributed by atoms with Crippen molar-refractivity contribution >= 4 is 17.5 Å². The zero-order valence-electron chi connectivity index (χ0n) is 12.2. The molecule has 3 aliphatic rings. The number of halogens is 2. The normalized spacial score (nSPS) is 26.0. The second-order valence-electron chi connectivity index (χ2n) is 6.20. The molecule has 2 bridgehead atoms. The standard InChI is InChI=1S/C16H20ClFN2O/c1-11(21)19-8-13-2-4-14(10-19)20(9-13)7-12-3-5-15(17)16(18)6-12/h3,5-6,13-14H,2,4,7-10H2,1H3/t13-,14+/m1/s1. The van der Waals surface area contributed by atoms with Crippen molar-refractivity contribution in [1.82, 2.24) is 9.80 Å². The van der Waals surface area contributed by atoms with Gasteiger partial charge in [-0.25, -0.2) is 4.39 Å². The van der Waals surface area contributed by atoms with E-state index in [2.05, 4.69) is 4.90 Å². The molecule has 0 unspecified atom stereocenters. The molecule has 114 valence electrons. The lowest BCUT2D eigenvalue weighted by atomic mass is 9.94. The Bertz CT molecular complexity index is 551. The molecule has 1 aromatic carbocycles. The monoisotopic (exact) mass is 310 g/mol. The Kier molecular flexibility index (Phi) is 4.18. The Hall–Kier alpha value is -1.13. The molecular weight excluding hydrogens is 291 g/mol. The number of piperidine rings is 1. The minimum Gasteiger partial charge on any atom is -0.341 e. The Morgan fingerprint density at radius 1 is 1.33 bits per heavy atom. The zero-order chi connectivity index (χ0) is 15.0. The molecule has 3 heterocycles. The van der Waals surface area contributed by atoms with Crippen LogP contribution in [0.25, 0.3) is 0 Å². The average molecular weight is 311 g/mol. The van der Waals surface area contributed by atoms with Crippen molar-refractivity contribution in [2.75, 3.05) is 19.6 Å². The van der Waals surface area contributed by atoms with Crippen molar-refractivity contribution in [3.63, 3.8) is 0 Å². The van der Waals surface area contributed by atoms with E-state index in [1.54, 1.807) is 13.0 Å². The molecule has 3 fully saturated rings. The van der Waals surface area contributed by atoms with E-state index in [1.165, 1.54) is 12.5 Å². The molecular formula is C16H20ClFN2O. The molecule has 2 atom stereocenters. The van der Waals surface area contributed by atoms with E-state index in [9.17, 15) is 9.18 Å².